The number of aliphatic hydroxyl groups excluding tert-OH is 1. The van der Waals surface area contributed by atoms with Gasteiger partial charge in [-0.15, -0.1) is 0 Å². The summed E-state index contributed by atoms with van der Waals surface area (Å²) in [6.07, 6.45) is 0.951. The van der Waals surface area contributed by atoms with Gasteiger partial charge in [-0.2, -0.15) is 0 Å². The number of ketones is 1. The molecule has 0 rings (SSSR count). The average molecular weight is 261 g/mol. The second-order valence-corrected chi connectivity index (χ2v) is 3.70. The van der Waals surface area contributed by atoms with Crippen molar-refractivity contribution in [2.45, 2.75) is 32.1 Å². The van der Waals surface area contributed by atoms with Gasteiger partial charge >= 0.3 is 12.1 Å². The molecule has 0 aliphatic heterocycles. The fourth-order valence-corrected chi connectivity index (χ4v) is 1.28. The van der Waals surface area contributed by atoms with Crippen molar-refractivity contribution in [3.63, 3.8) is 0 Å². The minimum Gasteiger partial charge on any atom is -0.465 e. The Bertz CT molecular complexity index is 279. The van der Waals surface area contributed by atoms with Crippen LogP contribution in [0.2, 0.25) is 0 Å². The maximum absolute atomic E-state index is 11.3. The van der Waals surface area contributed by atoms with Gasteiger partial charge in [0.05, 0.1) is 6.61 Å². The van der Waals surface area contributed by atoms with Crippen molar-refractivity contribution in [1.82, 2.24) is 5.32 Å². The first-order valence-corrected chi connectivity index (χ1v) is 5.81. The number of ether oxygens (including phenoxy) is 1. The maximum Gasteiger partial charge on any atom is 0.404 e. The van der Waals surface area contributed by atoms with Gasteiger partial charge in [0.25, 0.3) is 0 Å². The van der Waals surface area contributed by atoms with E-state index in [2.05, 4.69) is 10.1 Å². The van der Waals surface area contributed by atoms with E-state index in [0.29, 0.717) is 19.4 Å². The lowest BCUT2D eigenvalue weighted by molar-refractivity contribution is -0.146. The molecule has 0 aromatic heterocycles. The molecule has 0 spiro atoms. The Balaban J connectivity index is 3.42. The van der Waals surface area contributed by atoms with Crippen LogP contribution in [0.4, 0.5) is 4.79 Å². The van der Waals surface area contributed by atoms with Gasteiger partial charge in [0.15, 0.2) is 0 Å². The second-order valence-electron chi connectivity index (χ2n) is 3.70. The van der Waals surface area contributed by atoms with Crippen molar-refractivity contribution in [3.05, 3.63) is 0 Å². The molecule has 7 nitrogen and oxygen atoms in total. The van der Waals surface area contributed by atoms with Crippen molar-refractivity contribution in [3.8, 4) is 0 Å². The predicted molar refractivity (Wildman–Crippen MR) is 62.2 cm³/mol. The zero-order chi connectivity index (χ0) is 13.8. The van der Waals surface area contributed by atoms with Crippen LogP contribution in [0.3, 0.4) is 0 Å². The summed E-state index contributed by atoms with van der Waals surface area (Å²) in [6.45, 7) is 0.0194. The van der Waals surface area contributed by atoms with E-state index in [1.165, 1.54) is 0 Å². The van der Waals surface area contributed by atoms with Crippen molar-refractivity contribution in [2.75, 3.05) is 19.8 Å². The number of hydrogen-bond acceptors (Lipinski definition) is 5. The third-order valence-corrected chi connectivity index (χ3v) is 2.10. The maximum atomic E-state index is 11.3. The fourth-order valence-electron chi connectivity index (χ4n) is 1.28. The molecule has 104 valence electrons. The number of carboxylic acid groups (broad SMARTS) is 1. The van der Waals surface area contributed by atoms with Crippen LogP contribution >= 0.6 is 0 Å². The first kappa shape index (κ1) is 16.4. The van der Waals surface area contributed by atoms with Gasteiger partial charge in [-0.25, -0.2) is 4.79 Å². The zero-order valence-electron chi connectivity index (χ0n) is 10.2. The Labute approximate surface area is 105 Å². The van der Waals surface area contributed by atoms with Crippen LogP contribution in [0.25, 0.3) is 0 Å². The van der Waals surface area contributed by atoms with E-state index in [9.17, 15) is 14.4 Å². The number of carbonyl (C=O) groups excluding carboxylic acids is 2. The van der Waals surface area contributed by atoms with Crippen molar-refractivity contribution >= 4 is 17.8 Å². The van der Waals surface area contributed by atoms with Crippen LogP contribution in [-0.2, 0) is 14.3 Å². The molecular weight excluding hydrogens is 242 g/mol. The number of rotatable bonds is 10. The molecule has 18 heavy (non-hydrogen) atoms. The van der Waals surface area contributed by atoms with Crippen LogP contribution in [0.5, 0.6) is 0 Å². The van der Waals surface area contributed by atoms with Crippen LogP contribution < -0.4 is 5.32 Å². The van der Waals surface area contributed by atoms with Crippen molar-refractivity contribution in [1.29, 1.82) is 0 Å². The number of Topliss-reactive ketones (excluding diaryl/α,β-unsaturated/α-hetero) is 1. The zero-order valence-corrected chi connectivity index (χ0v) is 10.2. The monoisotopic (exact) mass is 261 g/mol. The summed E-state index contributed by atoms with van der Waals surface area (Å²) in [6, 6.07) is 0. The molecule has 0 fully saturated rings. The molecule has 0 saturated heterocycles. The smallest absolute Gasteiger partial charge is 0.404 e. The van der Waals surface area contributed by atoms with E-state index in [1.807, 2.05) is 0 Å². The third kappa shape index (κ3) is 10.9. The van der Waals surface area contributed by atoms with Gasteiger partial charge in [-0.05, 0) is 12.8 Å². The van der Waals surface area contributed by atoms with Gasteiger partial charge in [-0.3, -0.25) is 9.59 Å². The van der Waals surface area contributed by atoms with Crippen LogP contribution in [0.1, 0.15) is 32.1 Å². The normalized spacial score (nSPS) is 9.83. The average Bonchev–Trinajstić information content (AvgIpc) is 2.30. The number of hydrogen-bond donors (Lipinski definition) is 3. The molecule has 3 N–H and O–H groups in total. The molecule has 7 heteroatoms. The van der Waals surface area contributed by atoms with E-state index in [4.69, 9.17) is 10.2 Å². The molecule has 0 aromatic rings. The largest absolute Gasteiger partial charge is 0.465 e. The summed E-state index contributed by atoms with van der Waals surface area (Å²) in [5.74, 6) is -0.828. The molecule has 0 aliphatic carbocycles. The second kappa shape index (κ2) is 10.5. The first-order valence-electron chi connectivity index (χ1n) is 5.81. The Morgan fingerprint density at radius 2 is 1.83 bits per heavy atom. The van der Waals surface area contributed by atoms with E-state index in [0.717, 1.165) is 6.42 Å². The van der Waals surface area contributed by atoms with Gasteiger partial charge in [0.2, 0.25) is 0 Å². The summed E-state index contributed by atoms with van der Waals surface area (Å²) < 4.78 is 4.55. The Morgan fingerprint density at radius 1 is 1.11 bits per heavy atom. The van der Waals surface area contributed by atoms with E-state index >= 15 is 0 Å². The quantitative estimate of drug-likeness (QED) is 0.296. The molecule has 1 amide bonds. The molecule has 0 bridgehead atoms. The number of amides is 1. The topological polar surface area (TPSA) is 113 Å². The van der Waals surface area contributed by atoms with Crippen molar-refractivity contribution in [2.24, 2.45) is 0 Å². The summed E-state index contributed by atoms with van der Waals surface area (Å²) >= 11 is 0. The summed E-state index contributed by atoms with van der Waals surface area (Å²) in [5.41, 5.74) is 0. The highest BCUT2D eigenvalue weighted by molar-refractivity contribution is 5.95. The molecule has 0 heterocycles. The highest BCUT2D eigenvalue weighted by atomic mass is 16.5. The molecule has 0 atom stereocenters. The van der Waals surface area contributed by atoms with Gasteiger partial charge < -0.3 is 20.3 Å². The number of nitrogens with one attached hydrogen (secondary N) is 1. The van der Waals surface area contributed by atoms with E-state index < -0.39 is 12.1 Å². The van der Waals surface area contributed by atoms with Gasteiger partial charge in [-0.1, -0.05) is 6.42 Å². The third-order valence-electron chi connectivity index (χ3n) is 2.10. The van der Waals surface area contributed by atoms with Crippen LogP contribution in [0, 0.1) is 0 Å². The molecule has 0 radical (unpaired) electrons. The summed E-state index contributed by atoms with van der Waals surface area (Å²) in [5, 5.41) is 18.9. The van der Waals surface area contributed by atoms with E-state index in [-0.39, 0.29) is 31.8 Å². The highest BCUT2D eigenvalue weighted by Crippen LogP contribution is 2.02. The first-order chi connectivity index (χ1) is 8.56. The number of aliphatic hydroxyl groups is 1. The molecule has 0 unspecified atom stereocenters. The van der Waals surface area contributed by atoms with Crippen LogP contribution in [-0.4, -0.2) is 47.8 Å². The lowest BCUT2D eigenvalue weighted by Crippen LogP contribution is -2.21. The SMILES string of the molecule is O=C(CCCCCNC(=O)O)CC(=O)OCCO. The Morgan fingerprint density at radius 3 is 2.44 bits per heavy atom. The molecule has 0 aliphatic rings. The van der Waals surface area contributed by atoms with Crippen LogP contribution in [0.15, 0.2) is 0 Å². The molecule has 0 aromatic carbocycles. The summed E-state index contributed by atoms with van der Waals surface area (Å²) in [7, 11) is 0. The highest BCUT2D eigenvalue weighted by Gasteiger charge is 2.10. The van der Waals surface area contributed by atoms with Crippen molar-refractivity contribution < 1.29 is 29.3 Å². The number of esters is 1. The fraction of sp³-hybridized carbons (Fsp3) is 0.727. The lowest BCUT2D eigenvalue weighted by atomic mass is 10.1. The molecular formula is C11H19NO6. The van der Waals surface area contributed by atoms with Gasteiger partial charge in [0.1, 0.15) is 18.8 Å². The number of carbonyl (C=O) groups is 3. The van der Waals surface area contributed by atoms with E-state index in [1.54, 1.807) is 0 Å². The Hall–Kier alpha value is -1.63. The summed E-state index contributed by atoms with van der Waals surface area (Å²) in [4.78, 5) is 32.4. The van der Waals surface area contributed by atoms with Gasteiger partial charge in [0, 0.05) is 13.0 Å². The molecule has 0 saturated carbocycles. The minimum atomic E-state index is -1.06. The standard InChI is InChI=1S/C11H19NO6/c13-6-7-18-10(15)8-9(14)4-2-1-3-5-12-11(16)17/h12-13H,1-8H2,(H,16,17). The Kier molecular flexibility index (Phi) is 9.57. The predicted octanol–water partition coefficient (Wildman–Crippen LogP) is 0.309. The number of unbranched alkanes of at least 4 members (excludes halogenated alkanes) is 2. The minimum absolute atomic E-state index is 0.0903. The lowest BCUT2D eigenvalue weighted by Gasteiger charge is -2.03.